The van der Waals surface area contributed by atoms with Crippen LogP contribution in [0.5, 0.6) is 0 Å². The Balaban J connectivity index is 2.66. The van der Waals surface area contributed by atoms with Crippen LogP contribution in [0.2, 0.25) is 18.1 Å². The molecule has 0 aromatic carbocycles. The Hall–Kier alpha value is -0.393. The quantitative estimate of drug-likeness (QED) is 0.594. The number of hydrogen-bond donors (Lipinski definition) is 2. The zero-order valence-electron chi connectivity index (χ0n) is 11.7. The van der Waals surface area contributed by atoms with E-state index in [1.807, 2.05) is 6.92 Å². The van der Waals surface area contributed by atoms with Crippen molar-refractivity contribution in [3.8, 4) is 0 Å². The lowest BCUT2D eigenvalue weighted by Gasteiger charge is -2.44. The number of rotatable bonds is 4. The summed E-state index contributed by atoms with van der Waals surface area (Å²) in [7, 11) is -1.85. The van der Waals surface area contributed by atoms with Crippen LogP contribution >= 0.6 is 0 Å². The van der Waals surface area contributed by atoms with Crippen LogP contribution in [0.25, 0.3) is 0 Å². The molecule has 1 aliphatic heterocycles. The van der Waals surface area contributed by atoms with E-state index in [2.05, 4.69) is 39.2 Å². The fraction of sp³-hybridized carbons (Fsp3) is 0.917. The third kappa shape index (κ3) is 2.89. The van der Waals surface area contributed by atoms with Gasteiger partial charge >= 0.3 is 0 Å². The molecule has 1 aliphatic rings. The Morgan fingerprint density at radius 2 is 2.00 bits per heavy atom. The van der Waals surface area contributed by atoms with Gasteiger partial charge in [-0.1, -0.05) is 20.8 Å². The fourth-order valence-corrected chi connectivity index (χ4v) is 3.30. The monoisotopic (exact) mass is 259 g/mol. The maximum Gasteiger partial charge on any atom is 0.228 e. The average Bonchev–Trinajstić information content (AvgIpc) is 2.10. The Kier molecular flexibility index (Phi) is 4.06. The molecule has 0 aromatic heterocycles. The second-order valence-corrected chi connectivity index (χ2v) is 11.2. The molecule has 3 atom stereocenters. The van der Waals surface area contributed by atoms with Gasteiger partial charge in [0.15, 0.2) is 8.32 Å². The summed E-state index contributed by atoms with van der Waals surface area (Å²) in [5, 5.41) is 12.0. The number of β-lactam (4-membered cyclic amide) rings is 1. The predicted molar refractivity (Wildman–Crippen MR) is 70.3 cm³/mol. The van der Waals surface area contributed by atoms with Crippen molar-refractivity contribution in [1.29, 1.82) is 0 Å². The molecule has 1 heterocycles. The van der Waals surface area contributed by atoms with Crippen molar-refractivity contribution in [2.24, 2.45) is 5.92 Å². The summed E-state index contributed by atoms with van der Waals surface area (Å²) in [5.41, 5.74) is 0. The van der Waals surface area contributed by atoms with Gasteiger partial charge in [0.1, 0.15) is 0 Å². The van der Waals surface area contributed by atoms with Gasteiger partial charge in [-0.2, -0.15) is 0 Å². The molecule has 0 radical (unpaired) electrons. The first-order valence-electron chi connectivity index (χ1n) is 6.19. The van der Waals surface area contributed by atoms with Crippen LogP contribution in [0.1, 0.15) is 27.7 Å². The minimum Gasteiger partial charge on any atom is -0.413 e. The summed E-state index contributed by atoms with van der Waals surface area (Å²) in [6.45, 7) is 12.8. The summed E-state index contributed by atoms with van der Waals surface area (Å²) >= 11 is 0. The zero-order valence-corrected chi connectivity index (χ0v) is 12.7. The van der Waals surface area contributed by atoms with Gasteiger partial charge in [0, 0.05) is 0 Å². The summed E-state index contributed by atoms with van der Waals surface area (Å²) < 4.78 is 6.18. The lowest BCUT2D eigenvalue weighted by atomic mass is 9.87. The highest BCUT2D eigenvalue weighted by atomic mass is 28.4. The van der Waals surface area contributed by atoms with Gasteiger partial charge < -0.3 is 14.8 Å². The molecule has 5 heteroatoms. The van der Waals surface area contributed by atoms with E-state index in [9.17, 15) is 4.79 Å². The summed E-state index contributed by atoms with van der Waals surface area (Å²) in [6, 6.07) is -0.137. The highest BCUT2D eigenvalue weighted by Gasteiger charge is 2.47. The molecule has 4 nitrogen and oxygen atoms in total. The molecule has 17 heavy (non-hydrogen) atoms. The molecule has 0 unspecified atom stereocenters. The molecule has 0 spiro atoms. The maximum absolute atomic E-state index is 11.5. The van der Waals surface area contributed by atoms with E-state index < -0.39 is 8.32 Å². The van der Waals surface area contributed by atoms with Gasteiger partial charge in [0.05, 0.1) is 24.7 Å². The number of carbonyl (C=O) groups is 1. The summed E-state index contributed by atoms with van der Waals surface area (Å²) in [4.78, 5) is 11.5. The van der Waals surface area contributed by atoms with Crippen molar-refractivity contribution in [2.75, 3.05) is 6.61 Å². The van der Waals surface area contributed by atoms with Gasteiger partial charge in [0.25, 0.3) is 0 Å². The normalized spacial score (nSPS) is 27.4. The van der Waals surface area contributed by atoms with Crippen LogP contribution in [0.15, 0.2) is 0 Å². The molecule has 1 fully saturated rings. The Morgan fingerprint density at radius 1 is 1.47 bits per heavy atom. The van der Waals surface area contributed by atoms with E-state index >= 15 is 0 Å². The number of nitrogens with one attached hydrogen (secondary N) is 1. The van der Waals surface area contributed by atoms with E-state index in [1.165, 1.54) is 0 Å². The first-order valence-corrected chi connectivity index (χ1v) is 9.10. The minimum absolute atomic E-state index is 0.00439. The van der Waals surface area contributed by atoms with Crippen molar-refractivity contribution in [3.63, 3.8) is 0 Å². The zero-order chi connectivity index (χ0) is 13.4. The van der Waals surface area contributed by atoms with E-state index in [0.29, 0.717) is 0 Å². The second kappa shape index (κ2) is 4.70. The first-order chi connectivity index (χ1) is 7.60. The summed E-state index contributed by atoms with van der Waals surface area (Å²) in [5.74, 6) is -0.204. The topological polar surface area (TPSA) is 58.6 Å². The number of carbonyl (C=O) groups excluding carboxylic acids is 1. The van der Waals surface area contributed by atoms with Crippen molar-refractivity contribution in [1.82, 2.24) is 5.32 Å². The van der Waals surface area contributed by atoms with Crippen LogP contribution < -0.4 is 5.32 Å². The van der Waals surface area contributed by atoms with Crippen molar-refractivity contribution in [3.05, 3.63) is 0 Å². The molecule has 2 N–H and O–H groups in total. The Morgan fingerprint density at radius 3 is 2.35 bits per heavy atom. The fourth-order valence-electron chi connectivity index (χ4n) is 1.87. The van der Waals surface area contributed by atoms with E-state index in [4.69, 9.17) is 9.53 Å². The van der Waals surface area contributed by atoms with Gasteiger partial charge in [-0.3, -0.25) is 4.79 Å². The Bertz CT molecular complexity index is 299. The number of hydrogen-bond acceptors (Lipinski definition) is 3. The maximum atomic E-state index is 11.5. The first kappa shape index (κ1) is 14.7. The van der Waals surface area contributed by atoms with Crippen LogP contribution in [-0.2, 0) is 9.22 Å². The highest BCUT2D eigenvalue weighted by molar-refractivity contribution is 6.74. The number of aliphatic hydroxyl groups is 1. The lowest BCUT2D eigenvalue weighted by molar-refractivity contribution is -0.141. The summed E-state index contributed by atoms with van der Waals surface area (Å²) in [6.07, 6.45) is -0.123. The molecule has 0 aromatic rings. The smallest absolute Gasteiger partial charge is 0.228 e. The van der Waals surface area contributed by atoms with Gasteiger partial charge in [-0.25, -0.2) is 0 Å². The molecule has 0 aliphatic carbocycles. The molecule has 0 saturated carbocycles. The third-order valence-corrected chi connectivity index (χ3v) is 8.63. The van der Waals surface area contributed by atoms with Gasteiger partial charge in [0.2, 0.25) is 5.91 Å². The highest BCUT2D eigenvalue weighted by Crippen LogP contribution is 2.38. The van der Waals surface area contributed by atoms with Gasteiger partial charge in [-0.05, 0) is 25.1 Å². The van der Waals surface area contributed by atoms with Crippen molar-refractivity contribution < 1.29 is 14.3 Å². The molecule has 1 saturated heterocycles. The molecule has 1 rings (SSSR count). The van der Waals surface area contributed by atoms with Crippen LogP contribution in [0.3, 0.4) is 0 Å². The van der Waals surface area contributed by atoms with E-state index in [0.717, 1.165) is 0 Å². The van der Waals surface area contributed by atoms with Crippen LogP contribution in [-0.4, -0.2) is 38.1 Å². The minimum atomic E-state index is -1.85. The lowest BCUT2D eigenvalue weighted by Crippen LogP contribution is -2.65. The largest absolute Gasteiger partial charge is 0.413 e. The van der Waals surface area contributed by atoms with Crippen molar-refractivity contribution >= 4 is 14.2 Å². The number of amides is 1. The van der Waals surface area contributed by atoms with E-state index in [-0.39, 0.29) is 35.6 Å². The molecule has 100 valence electrons. The standard InChI is InChI=1S/C12H25NO3Si/c1-8(10-9(7-14)13-11(10)15)16-17(5,6)12(2,3)4/h8-10,14H,7H2,1-6H3,(H,13,15)/t8-,9+,10+/m1/s1. The van der Waals surface area contributed by atoms with Crippen molar-refractivity contribution in [2.45, 2.75) is 58.0 Å². The second-order valence-electron chi connectivity index (χ2n) is 6.41. The molecule has 0 bridgehead atoms. The third-order valence-electron chi connectivity index (χ3n) is 4.05. The van der Waals surface area contributed by atoms with Crippen LogP contribution in [0, 0.1) is 5.92 Å². The molecular weight excluding hydrogens is 234 g/mol. The average molecular weight is 259 g/mol. The molecular formula is C12H25NO3Si. The van der Waals surface area contributed by atoms with Gasteiger partial charge in [-0.15, -0.1) is 0 Å². The molecule has 1 amide bonds. The predicted octanol–water partition coefficient (Wildman–Crippen LogP) is 1.50. The Labute approximate surface area is 105 Å². The number of aliphatic hydroxyl groups excluding tert-OH is 1. The van der Waals surface area contributed by atoms with Crippen LogP contribution in [0.4, 0.5) is 0 Å². The SMILES string of the molecule is C[C@@H](O[Si](C)(C)C(C)(C)C)[C@@H]1C(=O)N[C@H]1CO. The van der Waals surface area contributed by atoms with E-state index in [1.54, 1.807) is 0 Å².